The number of pyridine rings is 1. The number of nitrogens with zero attached hydrogens (tertiary/aromatic N) is 3. The number of rotatable bonds is 3. The van der Waals surface area contributed by atoms with Crippen LogP contribution < -0.4 is 0 Å². The van der Waals surface area contributed by atoms with Gasteiger partial charge in [-0.1, -0.05) is 0 Å². The quantitative estimate of drug-likeness (QED) is 0.788. The van der Waals surface area contributed by atoms with Crippen molar-refractivity contribution in [2.24, 2.45) is 0 Å². The van der Waals surface area contributed by atoms with Crippen molar-refractivity contribution in [1.29, 1.82) is 0 Å². The summed E-state index contributed by atoms with van der Waals surface area (Å²) in [5.74, 6) is 0.655. The molecule has 19 heavy (non-hydrogen) atoms. The predicted octanol–water partition coefficient (Wildman–Crippen LogP) is 2.23. The molecule has 0 saturated carbocycles. The van der Waals surface area contributed by atoms with E-state index in [1.807, 2.05) is 11.0 Å². The average Bonchev–Trinajstić information content (AvgIpc) is 2.65. The molecule has 1 amide bonds. The fourth-order valence-electron chi connectivity index (χ4n) is 2.18. The van der Waals surface area contributed by atoms with Gasteiger partial charge in [0.1, 0.15) is 5.69 Å². The standard InChI is InChI=1S/C13H17BrClN3O/c14-11-2-3-12(16-10-11)13(19)18-6-1-5-17(7-4-15)8-9-18/h2-3,10H,1,4-9H2. The maximum Gasteiger partial charge on any atom is 0.272 e. The number of aromatic nitrogens is 1. The van der Waals surface area contributed by atoms with E-state index in [-0.39, 0.29) is 5.91 Å². The Hall–Kier alpha value is -0.650. The highest BCUT2D eigenvalue weighted by molar-refractivity contribution is 9.10. The monoisotopic (exact) mass is 345 g/mol. The van der Waals surface area contributed by atoms with Crippen LogP contribution in [0.2, 0.25) is 0 Å². The van der Waals surface area contributed by atoms with Crippen molar-refractivity contribution in [3.05, 3.63) is 28.5 Å². The molecule has 0 bridgehead atoms. The normalized spacial score (nSPS) is 17.3. The highest BCUT2D eigenvalue weighted by atomic mass is 79.9. The Bertz CT molecular complexity index is 426. The van der Waals surface area contributed by atoms with E-state index in [1.54, 1.807) is 12.3 Å². The molecule has 2 heterocycles. The number of hydrogen-bond donors (Lipinski definition) is 0. The van der Waals surface area contributed by atoms with Gasteiger partial charge in [-0.2, -0.15) is 0 Å². The van der Waals surface area contributed by atoms with Crippen LogP contribution in [0.3, 0.4) is 0 Å². The lowest BCUT2D eigenvalue weighted by Crippen LogP contribution is -2.36. The molecule has 1 aliphatic heterocycles. The zero-order chi connectivity index (χ0) is 13.7. The van der Waals surface area contributed by atoms with Crippen LogP contribution in [-0.2, 0) is 0 Å². The van der Waals surface area contributed by atoms with Crippen molar-refractivity contribution in [3.8, 4) is 0 Å². The molecule has 104 valence electrons. The molecule has 1 saturated heterocycles. The van der Waals surface area contributed by atoms with Gasteiger partial charge >= 0.3 is 0 Å². The number of hydrogen-bond acceptors (Lipinski definition) is 3. The minimum Gasteiger partial charge on any atom is -0.336 e. The summed E-state index contributed by atoms with van der Waals surface area (Å²) < 4.78 is 0.883. The molecule has 2 rings (SSSR count). The van der Waals surface area contributed by atoms with Gasteiger partial charge in [-0.25, -0.2) is 4.98 Å². The first-order chi connectivity index (χ1) is 9.20. The number of carbonyl (C=O) groups excluding carboxylic acids is 1. The summed E-state index contributed by atoms with van der Waals surface area (Å²) >= 11 is 9.08. The van der Waals surface area contributed by atoms with Gasteiger partial charge in [0.25, 0.3) is 5.91 Å². The second-order valence-electron chi connectivity index (χ2n) is 4.54. The Morgan fingerprint density at radius 3 is 2.84 bits per heavy atom. The van der Waals surface area contributed by atoms with Crippen LogP contribution in [-0.4, -0.2) is 59.3 Å². The van der Waals surface area contributed by atoms with E-state index in [1.165, 1.54) is 0 Å². The number of alkyl halides is 1. The summed E-state index contributed by atoms with van der Waals surface area (Å²) in [4.78, 5) is 20.7. The molecule has 0 spiro atoms. The van der Waals surface area contributed by atoms with Gasteiger partial charge in [0.15, 0.2) is 0 Å². The molecule has 6 heteroatoms. The first kappa shape index (κ1) is 14.8. The summed E-state index contributed by atoms with van der Waals surface area (Å²) in [5.41, 5.74) is 0.508. The first-order valence-electron chi connectivity index (χ1n) is 6.40. The second-order valence-corrected chi connectivity index (χ2v) is 5.83. The van der Waals surface area contributed by atoms with E-state index in [0.29, 0.717) is 11.6 Å². The third-order valence-electron chi connectivity index (χ3n) is 3.22. The maximum atomic E-state index is 12.3. The molecule has 1 aromatic rings. The van der Waals surface area contributed by atoms with Gasteiger partial charge in [0, 0.05) is 42.7 Å². The summed E-state index contributed by atoms with van der Waals surface area (Å²) in [5, 5.41) is 0. The highest BCUT2D eigenvalue weighted by Crippen LogP contribution is 2.11. The Morgan fingerprint density at radius 1 is 1.32 bits per heavy atom. The lowest BCUT2D eigenvalue weighted by Gasteiger charge is -2.21. The van der Waals surface area contributed by atoms with Crippen LogP contribution in [0.1, 0.15) is 16.9 Å². The van der Waals surface area contributed by atoms with Gasteiger partial charge in [-0.15, -0.1) is 11.6 Å². The number of carbonyl (C=O) groups is 1. The van der Waals surface area contributed by atoms with Crippen molar-refractivity contribution in [1.82, 2.24) is 14.8 Å². The van der Waals surface area contributed by atoms with Crippen LogP contribution in [0.15, 0.2) is 22.8 Å². The summed E-state index contributed by atoms with van der Waals surface area (Å²) in [7, 11) is 0. The highest BCUT2D eigenvalue weighted by Gasteiger charge is 2.20. The van der Waals surface area contributed by atoms with Gasteiger partial charge < -0.3 is 9.80 Å². The molecule has 0 atom stereocenters. The fraction of sp³-hybridized carbons (Fsp3) is 0.538. The van der Waals surface area contributed by atoms with Crippen molar-refractivity contribution in [2.45, 2.75) is 6.42 Å². The van der Waals surface area contributed by atoms with E-state index < -0.39 is 0 Å². The maximum absolute atomic E-state index is 12.3. The van der Waals surface area contributed by atoms with E-state index in [0.717, 1.165) is 43.6 Å². The lowest BCUT2D eigenvalue weighted by atomic mass is 10.3. The van der Waals surface area contributed by atoms with Crippen molar-refractivity contribution in [2.75, 3.05) is 38.6 Å². The van der Waals surface area contributed by atoms with Gasteiger partial charge in [-0.05, 0) is 41.0 Å². The fourth-order valence-corrected chi connectivity index (χ4v) is 2.66. The van der Waals surface area contributed by atoms with Crippen LogP contribution in [0.25, 0.3) is 0 Å². The Balaban J connectivity index is 1.98. The first-order valence-corrected chi connectivity index (χ1v) is 7.72. The van der Waals surface area contributed by atoms with Gasteiger partial charge in [-0.3, -0.25) is 4.79 Å². The third-order valence-corrected chi connectivity index (χ3v) is 3.86. The Morgan fingerprint density at radius 2 is 2.16 bits per heavy atom. The van der Waals surface area contributed by atoms with E-state index >= 15 is 0 Å². The number of amides is 1. The van der Waals surface area contributed by atoms with E-state index in [4.69, 9.17) is 11.6 Å². The predicted molar refractivity (Wildman–Crippen MR) is 79.6 cm³/mol. The van der Waals surface area contributed by atoms with Crippen LogP contribution in [0.4, 0.5) is 0 Å². The van der Waals surface area contributed by atoms with Crippen LogP contribution >= 0.6 is 27.5 Å². The van der Waals surface area contributed by atoms with E-state index in [2.05, 4.69) is 25.8 Å². The molecule has 0 aromatic carbocycles. The van der Waals surface area contributed by atoms with E-state index in [9.17, 15) is 4.79 Å². The van der Waals surface area contributed by atoms with Gasteiger partial charge in [0.05, 0.1) is 0 Å². The summed E-state index contributed by atoms with van der Waals surface area (Å²) in [6.07, 6.45) is 2.64. The van der Waals surface area contributed by atoms with Crippen molar-refractivity contribution in [3.63, 3.8) is 0 Å². The molecular weight excluding hydrogens is 330 g/mol. The minimum absolute atomic E-state index is 0.0141. The topological polar surface area (TPSA) is 36.4 Å². The average molecular weight is 347 g/mol. The van der Waals surface area contributed by atoms with Crippen molar-refractivity contribution >= 4 is 33.4 Å². The SMILES string of the molecule is O=C(c1ccc(Br)cn1)N1CCCN(CCCl)CC1. The zero-order valence-corrected chi connectivity index (χ0v) is 13.0. The Kier molecular flexibility index (Phi) is 5.60. The minimum atomic E-state index is 0.0141. The molecule has 1 aromatic heterocycles. The van der Waals surface area contributed by atoms with Gasteiger partial charge in [0.2, 0.25) is 0 Å². The molecule has 4 nitrogen and oxygen atoms in total. The molecule has 0 N–H and O–H groups in total. The smallest absolute Gasteiger partial charge is 0.272 e. The molecule has 1 fully saturated rings. The largest absolute Gasteiger partial charge is 0.336 e. The van der Waals surface area contributed by atoms with Crippen molar-refractivity contribution < 1.29 is 4.79 Å². The molecule has 0 aliphatic carbocycles. The van der Waals surface area contributed by atoms with Crippen LogP contribution in [0.5, 0.6) is 0 Å². The molecular formula is C13H17BrClN3O. The molecule has 0 unspecified atom stereocenters. The third kappa shape index (κ3) is 4.16. The zero-order valence-electron chi connectivity index (χ0n) is 10.7. The lowest BCUT2D eigenvalue weighted by molar-refractivity contribution is 0.0756. The molecule has 1 aliphatic rings. The Labute approximate surface area is 126 Å². The summed E-state index contributed by atoms with van der Waals surface area (Å²) in [6, 6.07) is 3.60. The molecule has 0 radical (unpaired) electrons. The van der Waals surface area contributed by atoms with Crippen LogP contribution in [0, 0.1) is 0 Å². The number of halogens is 2. The summed E-state index contributed by atoms with van der Waals surface area (Å²) in [6.45, 7) is 4.31. The second kappa shape index (κ2) is 7.22.